The van der Waals surface area contributed by atoms with Gasteiger partial charge in [0, 0.05) is 13.0 Å². The summed E-state index contributed by atoms with van der Waals surface area (Å²) in [5, 5.41) is 9.87. The summed E-state index contributed by atoms with van der Waals surface area (Å²) in [6, 6.07) is 12.4. The van der Waals surface area contributed by atoms with Crippen LogP contribution in [0.15, 0.2) is 53.4 Å². The van der Waals surface area contributed by atoms with E-state index >= 15 is 0 Å². The van der Waals surface area contributed by atoms with Crippen LogP contribution in [0.1, 0.15) is 18.1 Å². The Morgan fingerprint density at radius 3 is 2.22 bits per heavy atom. The summed E-state index contributed by atoms with van der Waals surface area (Å²) in [4.78, 5) is 12.2. The van der Waals surface area contributed by atoms with Crippen molar-refractivity contribution in [2.24, 2.45) is 5.14 Å². The standard InChI is InChI=1S/C19H24FN3O3S/c1-14(19(24)23-13-11-15-2-6-17(20)7-3-15)22-12-10-16-4-8-18(9-5-16)27(21,25)26/h2-9,14,22H,10-13H2,1H3,(H,23,24)(H2,21,25,26)/p+1/t14-/m1/s1. The second-order valence-corrected chi connectivity index (χ2v) is 7.98. The van der Waals surface area contributed by atoms with Crippen LogP contribution in [0.3, 0.4) is 0 Å². The molecule has 1 atom stereocenters. The molecule has 0 fully saturated rings. The van der Waals surface area contributed by atoms with E-state index < -0.39 is 10.0 Å². The minimum absolute atomic E-state index is 0.0540. The number of quaternary nitrogens is 1. The predicted molar refractivity (Wildman–Crippen MR) is 101 cm³/mol. The van der Waals surface area contributed by atoms with Gasteiger partial charge in [-0.2, -0.15) is 0 Å². The predicted octanol–water partition coefficient (Wildman–Crippen LogP) is 0.326. The Morgan fingerprint density at radius 2 is 1.63 bits per heavy atom. The van der Waals surface area contributed by atoms with Crippen molar-refractivity contribution >= 4 is 15.9 Å². The van der Waals surface area contributed by atoms with Gasteiger partial charge in [0.15, 0.2) is 6.04 Å². The van der Waals surface area contributed by atoms with Crippen LogP contribution in [0, 0.1) is 5.82 Å². The normalized spacial score (nSPS) is 12.6. The minimum atomic E-state index is -3.68. The van der Waals surface area contributed by atoms with Gasteiger partial charge in [0.25, 0.3) is 5.91 Å². The molecule has 0 bridgehead atoms. The molecule has 5 N–H and O–H groups in total. The molecular weight excluding hydrogens is 369 g/mol. The molecule has 0 aromatic heterocycles. The monoisotopic (exact) mass is 394 g/mol. The van der Waals surface area contributed by atoms with Crippen molar-refractivity contribution in [1.82, 2.24) is 5.32 Å². The number of hydrogen-bond donors (Lipinski definition) is 3. The maximum atomic E-state index is 12.8. The molecule has 2 aromatic rings. The van der Waals surface area contributed by atoms with E-state index in [1.165, 1.54) is 24.3 Å². The Labute approximate surface area is 159 Å². The van der Waals surface area contributed by atoms with Gasteiger partial charge in [0.2, 0.25) is 10.0 Å². The third-order valence-electron chi connectivity index (χ3n) is 4.24. The van der Waals surface area contributed by atoms with Crippen LogP contribution in [0.25, 0.3) is 0 Å². The lowest BCUT2D eigenvalue weighted by atomic mass is 10.1. The van der Waals surface area contributed by atoms with E-state index in [1.54, 1.807) is 24.3 Å². The van der Waals surface area contributed by atoms with E-state index in [4.69, 9.17) is 5.14 Å². The summed E-state index contributed by atoms with van der Waals surface area (Å²) in [6.45, 7) is 3.02. The van der Waals surface area contributed by atoms with E-state index in [2.05, 4.69) is 5.32 Å². The van der Waals surface area contributed by atoms with Crippen LogP contribution < -0.4 is 15.8 Å². The van der Waals surface area contributed by atoms with E-state index in [0.29, 0.717) is 25.9 Å². The smallest absolute Gasteiger partial charge is 0.277 e. The number of primary sulfonamides is 1. The molecule has 0 radical (unpaired) electrons. The molecule has 1 amide bonds. The van der Waals surface area contributed by atoms with Gasteiger partial charge in [0.1, 0.15) is 5.82 Å². The molecule has 0 heterocycles. The summed E-state index contributed by atoms with van der Waals surface area (Å²) < 4.78 is 35.3. The van der Waals surface area contributed by atoms with Gasteiger partial charge in [-0.15, -0.1) is 0 Å². The van der Waals surface area contributed by atoms with Gasteiger partial charge >= 0.3 is 0 Å². The molecule has 6 nitrogen and oxygen atoms in total. The van der Waals surface area contributed by atoms with Crippen LogP contribution >= 0.6 is 0 Å². The van der Waals surface area contributed by atoms with Crippen molar-refractivity contribution in [3.63, 3.8) is 0 Å². The minimum Gasteiger partial charge on any atom is -0.351 e. The average molecular weight is 394 g/mol. The van der Waals surface area contributed by atoms with E-state index in [-0.39, 0.29) is 22.7 Å². The molecule has 8 heteroatoms. The maximum Gasteiger partial charge on any atom is 0.277 e. The van der Waals surface area contributed by atoms with Crippen molar-refractivity contribution in [1.29, 1.82) is 0 Å². The molecule has 0 spiro atoms. The number of rotatable bonds is 9. The molecule has 0 saturated heterocycles. The van der Waals surface area contributed by atoms with E-state index in [9.17, 15) is 17.6 Å². The third-order valence-corrected chi connectivity index (χ3v) is 5.17. The number of carbonyl (C=O) groups is 1. The van der Waals surface area contributed by atoms with Gasteiger partial charge < -0.3 is 10.6 Å². The average Bonchev–Trinajstić information content (AvgIpc) is 2.63. The van der Waals surface area contributed by atoms with E-state index in [1.807, 2.05) is 12.2 Å². The quantitative estimate of drug-likeness (QED) is 0.570. The van der Waals surface area contributed by atoms with Crippen LogP contribution in [0.2, 0.25) is 0 Å². The molecule has 0 aliphatic carbocycles. The highest BCUT2D eigenvalue weighted by molar-refractivity contribution is 7.89. The molecule has 146 valence electrons. The number of sulfonamides is 1. The third kappa shape index (κ3) is 7.09. The molecular formula is C19H25FN3O3S+. The summed E-state index contributed by atoms with van der Waals surface area (Å²) in [5.74, 6) is -0.327. The first-order valence-corrected chi connectivity index (χ1v) is 10.3. The van der Waals surface area contributed by atoms with Gasteiger partial charge in [-0.25, -0.2) is 17.9 Å². The number of amides is 1. The van der Waals surface area contributed by atoms with Crippen LogP contribution in [-0.2, 0) is 27.7 Å². The Morgan fingerprint density at radius 1 is 1.07 bits per heavy atom. The second-order valence-electron chi connectivity index (χ2n) is 6.42. The highest BCUT2D eigenvalue weighted by Gasteiger charge is 2.15. The lowest BCUT2D eigenvalue weighted by Gasteiger charge is -2.11. The summed E-state index contributed by atoms with van der Waals surface area (Å²) >= 11 is 0. The first kappa shape index (κ1) is 21.0. The van der Waals surface area contributed by atoms with Crippen LogP contribution in [0.5, 0.6) is 0 Å². The van der Waals surface area contributed by atoms with Gasteiger partial charge in [-0.3, -0.25) is 4.79 Å². The highest BCUT2D eigenvalue weighted by atomic mass is 32.2. The van der Waals surface area contributed by atoms with Crippen LogP contribution in [-0.4, -0.2) is 33.5 Å². The first-order valence-electron chi connectivity index (χ1n) is 8.73. The number of nitrogens with two attached hydrogens (primary N) is 2. The first-order chi connectivity index (χ1) is 12.8. The Hall–Kier alpha value is -2.29. The number of carbonyl (C=O) groups excluding carboxylic acids is 1. The second kappa shape index (κ2) is 9.59. The molecule has 0 aliphatic rings. The number of halogens is 1. The Balaban J connectivity index is 1.69. The Kier molecular flexibility index (Phi) is 7.46. The SMILES string of the molecule is C[C@@H]([NH2+]CCc1ccc(S(N)(=O)=O)cc1)C(=O)NCCc1ccc(F)cc1. The van der Waals surface area contributed by atoms with Gasteiger partial charge in [-0.1, -0.05) is 24.3 Å². The lowest BCUT2D eigenvalue weighted by Crippen LogP contribution is -2.92. The molecule has 0 saturated carbocycles. The topological polar surface area (TPSA) is 106 Å². The molecule has 27 heavy (non-hydrogen) atoms. The molecule has 2 aromatic carbocycles. The molecule has 0 aliphatic heterocycles. The maximum absolute atomic E-state index is 12.8. The summed E-state index contributed by atoms with van der Waals surface area (Å²) in [7, 11) is -3.68. The molecule has 2 rings (SSSR count). The fraction of sp³-hybridized carbons (Fsp3) is 0.316. The number of hydrogen-bond acceptors (Lipinski definition) is 3. The zero-order valence-corrected chi connectivity index (χ0v) is 16.0. The molecule has 0 unspecified atom stereocenters. The number of nitrogens with one attached hydrogen (secondary N) is 1. The van der Waals surface area contributed by atoms with Crippen molar-refractivity contribution in [3.05, 3.63) is 65.5 Å². The summed E-state index contributed by atoms with van der Waals surface area (Å²) in [5.41, 5.74) is 1.94. The van der Waals surface area contributed by atoms with Gasteiger partial charge in [0.05, 0.1) is 11.4 Å². The highest BCUT2D eigenvalue weighted by Crippen LogP contribution is 2.08. The Bertz CT molecular complexity index is 853. The fourth-order valence-corrected chi connectivity index (χ4v) is 3.11. The van der Waals surface area contributed by atoms with Gasteiger partial charge in [-0.05, 0) is 48.7 Å². The van der Waals surface area contributed by atoms with Crippen molar-refractivity contribution in [2.75, 3.05) is 13.1 Å². The largest absolute Gasteiger partial charge is 0.351 e. The zero-order chi connectivity index (χ0) is 19.9. The van der Waals surface area contributed by atoms with Crippen LogP contribution in [0.4, 0.5) is 4.39 Å². The zero-order valence-electron chi connectivity index (χ0n) is 15.2. The van der Waals surface area contributed by atoms with Crippen molar-refractivity contribution in [3.8, 4) is 0 Å². The number of benzene rings is 2. The summed E-state index contributed by atoms with van der Waals surface area (Å²) in [6.07, 6.45) is 1.35. The fourth-order valence-electron chi connectivity index (χ4n) is 2.59. The van der Waals surface area contributed by atoms with E-state index in [0.717, 1.165) is 11.1 Å². The van der Waals surface area contributed by atoms with Crippen molar-refractivity contribution in [2.45, 2.75) is 30.7 Å². The lowest BCUT2D eigenvalue weighted by molar-refractivity contribution is -0.673. The van der Waals surface area contributed by atoms with Crippen molar-refractivity contribution < 1.29 is 22.9 Å².